The largest absolute Gasteiger partial charge is 0.508 e. The molecule has 7 aromatic rings. The normalized spacial score (nSPS) is 11.3. The minimum Gasteiger partial charge on any atom is -0.508 e. The molecule has 0 bridgehead atoms. The van der Waals surface area contributed by atoms with Crippen LogP contribution in [-0.2, 0) is 36.9 Å². The van der Waals surface area contributed by atoms with Crippen LogP contribution in [0.4, 0.5) is 5.69 Å². The predicted octanol–water partition coefficient (Wildman–Crippen LogP) is 13.9. The van der Waals surface area contributed by atoms with Crippen molar-refractivity contribution in [3.63, 3.8) is 0 Å². The van der Waals surface area contributed by atoms with Gasteiger partial charge < -0.3 is 29.9 Å². The number of hydrogen-bond acceptors (Lipinski definition) is 8. The van der Waals surface area contributed by atoms with Crippen molar-refractivity contribution in [2.75, 3.05) is 6.26 Å². The second-order valence-electron chi connectivity index (χ2n) is 17.2. The molecule has 7 nitrogen and oxygen atoms in total. The average Bonchev–Trinajstić information content (AvgIpc) is 3.29. The Kier molecular flexibility index (Phi) is 17.8. The van der Waals surface area contributed by atoms with Gasteiger partial charge in [0.1, 0.15) is 34.5 Å². The first kappa shape index (κ1) is 48.7. The zero-order chi connectivity index (χ0) is 46.1. The number of rotatable bonds is 12. The Bertz CT molecular complexity index is 2530. The van der Waals surface area contributed by atoms with Crippen molar-refractivity contribution in [1.82, 2.24) is 0 Å². The Labute approximate surface area is 383 Å². The van der Waals surface area contributed by atoms with Crippen LogP contribution in [0.25, 0.3) is 0 Å². The maximum Gasteiger partial charge on any atom is 0.132 e. The van der Waals surface area contributed by atoms with Crippen LogP contribution in [0.15, 0.2) is 174 Å². The fraction of sp³-hybridized carbons (Fsp3) is 0.232. The Hall–Kier alpha value is -6.32. The highest BCUT2D eigenvalue weighted by Crippen LogP contribution is 2.38. The average molecular weight is 876 g/mol. The maximum absolute atomic E-state index is 10.8. The summed E-state index contributed by atoms with van der Waals surface area (Å²) in [6, 6.07) is 52.1. The van der Waals surface area contributed by atoms with Crippen LogP contribution in [0.1, 0.15) is 80.5 Å². The molecule has 0 aliphatic heterocycles. The predicted molar refractivity (Wildman–Crippen MR) is 264 cm³/mol. The summed E-state index contributed by atoms with van der Waals surface area (Å²) in [5.74, 6) is 3.59. The number of aliphatic hydroxyl groups excluding tert-OH is 2. The Morgan fingerprint density at radius 1 is 0.531 bits per heavy atom. The van der Waals surface area contributed by atoms with E-state index in [0.717, 1.165) is 68.3 Å². The summed E-state index contributed by atoms with van der Waals surface area (Å²) in [6.45, 7) is 12.8. The minimum absolute atomic E-state index is 0.00741. The number of nitrogens with zero attached hydrogens (tertiary/aromatic N) is 1. The van der Waals surface area contributed by atoms with Crippen molar-refractivity contribution in [2.24, 2.45) is 4.99 Å². The van der Waals surface area contributed by atoms with E-state index in [-0.39, 0.29) is 24.0 Å². The van der Waals surface area contributed by atoms with Gasteiger partial charge in [0.2, 0.25) is 0 Å². The van der Waals surface area contributed by atoms with Crippen molar-refractivity contribution < 1.29 is 29.9 Å². The number of phenols is 2. The highest BCUT2D eigenvalue weighted by Gasteiger charge is 2.24. The van der Waals surface area contributed by atoms with Gasteiger partial charge in [-0.2, -0.15) is 0 Å². The van der Waals surface area contributed by atoms with Gasteiger partial charge in [-0.25, -0.2) is 0 Å². The number of para-hydroxylation sites is 6. The molecule has 0 saturated carbocycles. The highest BCUT2D eigenvalue weighted by atomic mass is 32.2. The summed E-state index contributed by atoms with van der Waals surface area (Å²) in [6.07, 6.45) is 5.43. The molecule has 332 valence electrons. The molecule has 0 aliphatic carbocycles. The molecule has 0 heterocycles. The smallest absolute Gasteiger partial charge is 0.132 e. The van der Waals surface area contributed by atoms with Crippen LogP contribution in [0, 0.1) is 0 Å². The second kappa shape index (κ2) is 23.4. The molecule has 8 heteroatoms. The molecule has 0 fully saturated rings. The first-order valence-corrected chi connectivity index (χ1v) is 22.6. The summed E-state index contributed by atoms with van der Waals surface area (Å²) in [5, 5.41) is 39.1. The SMILES string of the molecule is CSc1ccccc1N=Cc1cc(C(C)(C)C)cc(C(C)(C)C)c1O.OCc1ccccc1Oc1ccccc1CO.Oc1ccccc1CCc1ccccc1Oc1ccccc1. The monoisotopic (exact) mass is 875 g/mol. The van der Waals surface area contributed by atoms with Crippen LogP contribution in [0.2, 0.25) is 0 Å². The van der Waals surface area contributed by atoms with Gasteiger partial charge in [0.25, 0.3) is 0 Å². The molecule has 0 aromatic heterocycles. The van der Waals surface area contributed by atoms with Gasteiger partial charge in [-0.05, 0) is 101 Å². The summed E-state index contributed by atoms with van der Waals surface area (Å²) in [7, 11) is 0. The molecule has 0 unspecified atom stereocenters. The van der Waals surface area contributed by atoms with Gasteiger partial charge in [-0.3, -0.25) is 4.99 Å². The zero-order valence-corrected chi connectivity index (χ0v) is 38.8. The molecule has 7 rings (SSSR count). The Morgan fingerprint density at radius 3 is 1.56 bits per heavy atom. The van der Waals surface area contributed by atoms with Crippen molar-refractivity contribution in [2.45, 2.75) is 83.3 Å². The number of phenolic OH excluding ortho intramolecular Hbond substituents is 2. The molecule has 0 atom stereocenters. The first-order valence-electron chi connectivity index (χ1n) is 21.4. The number of thioether (sulfide) groups is 1. The number of hydrogen-bond donors (Lipinski definition) is 4. The molecule has 4 N–H and O–H groups in total. The van der Waals surface area contributed by atoms with E-state index in [4.69, 9.17) is 9.47 Å². The lowest BCUT2D eigenvalue weighted by atomic mass is 9.79. The quantitative estimate of drug-likeness (QED) is 0.0714. The minimum atomic E-state index is -0.134. The van der Waals surface area contributed by atoms with Crippen LogP contribution >= 0.6 is 11.8 Å². The molecule has 64 heavy (non-hydrogen) atoms. The third-order valence-electron chi connectivity index (χ3n) is 10.3. The lowest BCUT2D eigenvalue weighted by Crippen LogP contribution is -2.17. The van der Waals surface area contributed by atoms with E-state index in [1.165, 1.54) is 5.56 Å². The lowest BCUT2D eigenvalue weighted by molar-refractivity contribution is 0.271. The number of aliphatic imine (C=N–C) groups is 1. The van der Waals surface area contributed by atoms with E-state index in [1.54, 1.807) is 48.3 Å². The highest BCUT2D eigenvalue weighted by molar-refractivity contribution is 7.98. The number of benzene rings is 7. The van der Waals surface area contributed by atoms with Gasteiger partial charge >= 0.3 is 0 Å². The number of aromatic hydroxyl groups is 2. The molecule has 0 amide bonds. The molecule has 7 aromatic carbocycles. The summed E-state index contributed by atoms with van der Waals surface area (Å²) >= 11 is 1.67. The van der Waals surface area contributed by atoms with Gasteiger partial charge in [-0.15, -0.1) is 11.8 Å². The molecule has 0 aliphatic rings. The zero-order valence-electron chi connectivity index (χ0n) is 38.0. The lowest BCUT2D eigenvalue weighted by Gasteiger charge is -2.27. The molecule has 0 saturated heterocycles. The van der Waals surface area contributed by atoms with E-state index in [0.29, 0.717) is 23.0 Å². The summed E-state index contributed by atoms with van der Waals surface area (Å²) in [4.78, 5) is 5.77. The molecular formula is C56H61NO6S. The fourth-order valence-electron chi connectivity index (χ4n) is 6.64. The maximum atomic E-state index is 10.8. The summed E-state index contributed by atoms with van der Waals surface area (Å²) in [5.41, 5.74) is 7.26. The van der Waals surface area contributed by atoms with Crippen molar-refractivity contribution in [3.05, 3.63) is 203 Å². The summed E-state index contributed by atoms with van der Waals surface area (Å²) < 4.78 is 11.7. The number of aliphatic hydroxyl groups is 2. The number of aryl methyl sites for hydroxylation is 2. The van der Waals surface area contributed by atoms with E-state index in [1.807, 2.05) is 115 Å². The van der Waals surface area contributed by atoms with Gasteiger partial charge in [0.15, 0.2) is 0 Å². The van der Waals surface area contributed by atoms with Crippen LogP contribution < -0.4 is 9.47 Å². The van der Waals surface area contributed by atoms with Crippen molar-refractivity contribution in [1.29, 1.82) is 0 Å². The van der Waals surface area contributed by atoms with E-state index < -0.39 is 0 Å². The Balaban J connectivity index is 0.000000184. The number of ether oxygens (including phenoxy) is 2. The topological polar surface area (TPSA) is 112 Å². The Morgan fingerprint density at radius 2 is 1.02 bits per heavy atom. The van der Waals surface area contributed by atoms with Crippen molar-refractivity contribution >= 4 is 23.7 Å². The van der Waals surface area contributed by atoms with Gasteiger partial charge in [-0.1, -0.05) is 151 Å². The van der Waals surface area contributed by atoms with Crippen LogP contribution in [0.5, 0.6) is 34.5 Å². The molecule has 0 radical (unpaired) electrons. The molecule has 0 spiro atoms. The standard InChI is InChI=1S/C22H29NOS.C20H18O2.C14H14O3/c1-21(2,3)16-12-15(20(24)17(13-16)22(4,5)6)14-23-18-10-8-9-11-19(18)25-7;21-19-12-6-4-8-16(19)14-15-17-9-5-7-13-20(17)22-18-10-2-1-3-11-18;15-9-11-5-1-3-7-13(11)17-14-8-4-2-6-12(14)10-16/h8-14,24H,1-7H3;1-13,21H,14-15H2;1-8,15-16H,9-10H2. The van der Waals surface area contributed by atoms with Crippen LogP contribution in [-0.4, -0.2) is 32.9 Å². The van der Waals surface area contributed by atoms with E-state index >= 15 is 0 Å². The van der Waals surface area contributed by atoms with Crippen molar-refractivity contribution in [3.8, 4) is 34.5 Å². The first-order chi connectivity index (χ1) is 30.7. The second-order valence-corrected chi connectivity index (χ2v) is 18.0. The molecular weight excluding hydrogens is 815 g/mol. The third kappa shape index (κ3) is 14.1. The van der Waals surface area contributed by atoms with E-state index in [9.17, 15) is 20.4 Å². The van der Waals surface area contributed by atoms with E-state index in [2.05, 4.69) is 70.8 Å². The van der Waals surface area contributed by atoms with Gasteiger partial charge in [0.05, 0.1) is 18.9 Å². The van der Waals surface area contributed by atoms with Gasteiger partial charge in [0, 0.05) is 33.4 Å². The fourth-order valence-corrected chi connectivity index (χ4v) is 7.18. The third-order valence-corrected chi connectivity index (χ3v) is 11.1. The van der Waals surface area contributed by atoms with Crippen LogP contribution in [0.3, 0.4) is 0 Å².